The second-order valence-electron chi connectivity index (χ2n) is 5.54. The molecule has 2 rings (SSSR count). The number of amides is 1. The molecule has 0 aromatic heterocycles. The predicted molar refractivity (Wildman–Crippen MR) is 63.4 cm³/mol. The quantitative estimate of drug-likeness (QED) is 0.622. The Labute approximate surface area is 102 Å². The van der Waals surface area contributed by atoms with Crippen molar-refractivity contribution < 1.29 is 14.6 Å². The van der Waals surface area contributed by atoms with Crippen LogP contribution in [0.4, 0.5) is 0 Å². The lowest BCUT2D eigenvalue weighted by Gasteiger charge is -2.40. The second kappa shape index (κ2) is 4.92. The SMILES string of the molecule is NCC1(CC(=O)NCC2(O)CCOC2)CCC1. The predicted octanol–water partition coefficient (Wildman–Crippen LogP) is -0.227. The molecule has 0 aromatic rings. The molecule has 1 heterocycles. The molecule has 5 heteroatoms. The van der Waals surface area contributed by atoms with E-state index in [-0.39, 0.29) is 17.9 Å². The van der Waals surface area contributed by atoms with E-state index in [0.29, 0.717) is 32.6 Å². The molecular weight excluding hydrogens is 220 g/mol. The molecule has 1 aliphatic heterocycles. The molecule has 2 fully saturated rings. The molecule has 4 N–H and O–H groups in total. The van der Waals surface area contributed by atoms with Crippen molar-refractivity contribution in [2.45, 2.75) is 37.7 Å². The van der Waals surface area contributed by atoms with Gasteiger partial charge >= 0.3 is 0 Å². The van der Waals surface area contributed by atoms with Crippen molar-refractivity contribution in [2.24, 2.45) is 11.1 Å². The van der Waals surface area contributed by atoms with E-state index in [9.17, 15) is 9.90 Å². The van der Waals surface area contributed by atoms with Crippen molar-refractivity contribution >= 4 is 5.91 Å². The number of ether oxygens (including phenoxy) is 1. The lowest BCUT2D eigenvalue weighted by Crippen LogP contribution is -2.46. The van der Waals surface area contributed by atoms with E-state index >= 15 is 0 Å². The van der Waals surface area contributed by atoms with Crippen molar-refractivity contribution in [1.82, 2.24) is 5.32 Å². The van der Waals surface area contributed by atoms with Gasteiger partial charge in [-0.15, -0.1) is 0 Å². The third-order valence-electron chi connectivity index (χ3n) is 4.08. The highest BCUT2D eigenvalue weighted by atomic mass is 16.5. The van der Waals surface area contributed by atoms with Gasteiger partial charge in [0.2, 0.25) is 5.91 Å². The minimum absolute atomic E-state index is 0.00419. The summed E-state index contributed by atoms with van der Waals surface area (Å²) in [5, 5.41) is 12.8. The number of hydrogen-bond acceptors (Lipinski definition) is 4. The van der Waals surface area contributed by atoms with E-state index in [1.54, 1.807) is 0 Å². The van der Waals surface area contributed by atoms with Crippen LogP contribution in [0.2, 0.25) is 0 Å². The van der Waals surface area contributed by atoms with Gasteiger partial charge in [0.05, 0.1) is 6.61 Å². The first-order chi connectivity index (χ1) is 8.08. The first-order valence-corrected chi connectivity index (χ1v) is 6.35. The van der Waals surface area contributed by atoms with Gasteiger partial charge in [-0.25, -0.2) is 0 Å². The van der Waals surface area contributed by atoms with E-state index in [2.05, 4.69) is 5.32 Å². The lowest BCUT2D eigenvalue weighted by molar-refractivity contribution is -0.126. The third kappa shape index (κ3) is 2.97. The molecule has 0 aromatic carbocycles. The Bertz CT molecular complexity index is 278. The molecule has 1 unspecified atom stereocenters. The van der Waals surface area contributed by atoms with Gasteiger partial charge in [-0.2, -0.15) is 0 Å². The van der Waals surface area contributed by atoms with Gasteiger partial charge in [-0.1, -0.05) is 6.42 Å². The first-order valence-electron chi connectivity index (χ1n) is 6.35. The maximum Gasteiger partial charge on any atom is 0.220 e. The first kappa shape index (κ1) is 12.8. The summed E-state index contributed by atoms with van der Waals surface area (Å²) >= 11 is 0. The Kier molecular flexibility index (Phi) is 3.70. The van der Waals surface area contributed by atoms with E-state index in [4.69, 9.17) is 10.5 Å². The average molecular weight is 242 g/mol. The summed E-state index contributed by atoms with van der Waals surface area (Å²) in [6, 6.07) is 0. The van der Waals surface area contributed by atoms with E-state index < -0.39 is 5.60 Å². The van der Waals surface area contributed by atoms with Crippen molar-refractivity contribution in [3.05, 3.63) is 0 Å². The maximum absolute atomic E-state index is 11.8. The topological polar surface area (TPSA) is 84.6 Å². The van der Waals surface area contributed by atoms with Gasteiger partial charge in [0.1, 0.15) is 5.60 Å². The monoisotopic (exact) mass is 242 g/mol. The molecule has 1 atom stereocenters. The second-order valence-corrected chi connectivity index (χ2v) is 5.54. The molecule has 2 aliphatic rings. The lowest BCUT2D eigenvalue weighted by atomic mass is 9.66. The van der Waals surface area contributed by atoms with Crippen LogP contribution in [0, 0.1) is 5.41 Å². The van der Waals surface area contributed by atoms with Gasteiger partial charge in [-0.05, 0) is 24.8 Å². The summed E-state index contributed by atoms with van der Waals surface area (Å²) in [6.07, 6.45) is 4.34. The highest BCUT2D eigenvalue weighted by Gasteiger charge is 2.38. The van der Waals surface area contributed by atoms with Crippen molar-refractivity contribution in [1.29, 1.82) is 0 Å². The van der Waals surface area contributed by atoms with Crippen molar-refractivity contribution in [3.63, 3.8) is 0 Å². The molecule has 1 saturated heterocycles. The fourth-order valence-corrected chi connectivity index (χ4v) is 2.53. The van der Waals surface area contributed by atoms with Crippen molar-refractivity contribution in [2.75, 3.05) is 26.3 Å². The summed E-state index contributed by atoms with van der Waals surface area (Å²) in [4.78, 5) is 11.8. The highest BCUT2D eigenvalue weighted by molar-refractivity contribution is 5.77. The maximum atomic E-state index is 11.8. The summed E-state index contributed by atoms with van der Waals surface area (Å²) < 4.78 is 5.13. The standard InChI is InChI=1S/C12H22N2O3/c13-7-11(2-1-3-11)6-10(15)14-8-12(16)4-5-17-9-12/h16H,1-9,13H2,(H,14,15). The fourth-order valence-electron chi connectivity index (χ4n) is 2.53. The Morgan fingerprint density at radius 3 is 2.65 bits per heavy atom. The number of aliphatic hydroxyl groups is 1. The van der Waals surface area contributed by atoms with Crippen LogP contribution in [-0.2, 0) is 9.53 Å². The number of nitrogens with one attached hydrogen (secondary N) is 1. The number of carbonyl (C=O) groups is 1. The molecule has 5 nitrogen and oxygen atoms in total. The van der Waals surface area contributed by atoms with Crippen LogP contribution in [0.5, 0.6) is 0 Å². The largest absolute Gasteiger partial charge is 0.386 e. The molecule has 17 heavy (non-hydrogen) atoms. The fraction of sp³-hybridized carbons (Fsp3) is 0.917. The van der Waals surface area contributed by atoms with Gasteiger partial charge < -0.3 is 20.9 Å². The zero-order chi connectivity index (χ0) is 12.4. The smallest absolute Gasteiger partial charge is 0.220 e. The van der Waals surface area contributed by atoms with Gasteiger partial charge in [0.15, 0.2) is 0 Å². The molecule has 0 spiro atoms. The van der Waals surface area contributed by atoms with Crippen molar-refractivity contribution in [3.8, 4) is 0 Å². The highest BCUT2D eigenvalue weighted by Crippen LogP contribution is 2.42. The van der Waals surface area contributed by atoms with Gasteiger partial charge in [0.25, 0.3) is 0 Å². The summed E-state index contributed by atoms with van der Waals surface area (Å²) in [5.41, 5.74) is 4.87. The summed E-state index contributed by atoms with van der Waals surface area (Å²) in [6.45, 7) is 1.74. The Morgan fingerprint density at radius 1 is 1.41 bits per heavy atom. The average Bonchev–Trinajstić information content (AvgIpc) is 2.69. The van der Waals surface area contributed by atoms with Crippen LogP contribution in [0.25, 0.3) is 0 Å². The van der Waals surface area contributed by atoms with E-state index in [0.717, 1.165) is 12.8 Å². The molecule has 0 bridgehead atoms. The van der Waals surface area contributed by atoms with Crippen LogP contribution in [0.3, 0.4) is 0 Å². The summed E-state index contributed by atoms with van der Waals surface area (Å²) in [7, 11) is 0. The number of nitrogens with two attached hydrogens (primary N) is 1. The number of rotatable bonds is 5. The van der Waals surface area contributed by atoms with Gasteiger partial charge in [-0.3, -0.25) is 4.79 Å². The zero-order valence-corrected chi connectivity index (χ0v) is 10.2. The van der Waals surface area contributed by atoms with Crippen LogP contribution < -0.4 is 11.1 Å². The Hall–Kier alpha value is -0.650. The minimum atomic E-state index is -0.870. The minimum Gasteiger partial charge on any atom is -0.386 e. The van der Waals surface area contributed by atoms with Crippen LogP contribution >= 0.6 is 0 Å². The Morgan fingerprint density at radius 2 is 2.18 bits per heavy atom. The molecule has 98 valence electrons. The molecular formula is C12H22N2O3. The number of hydrogen-bond donors (Lipinski definition) is 3. The van der Waals surface area contributed by atoms with Crippen LogP contribution in [0.1, 0.15) is 32.1 Å². The molecule has 1 aliphatic carbocycles. The molecule has 1 amide bonds. The van der Waals surface area contributed by atoms with Gasteiger partial charge in [0, 0.05) is 26.0 Å². The Balaban J connectivity index is 1.74. The number of carbonyl (C=O) groups excluding carboxylic acids is 1. The third-order valence-corrected chi connectivity index (χ3v) is 4.08. The molecule has 1 saturated carbocycles. The van der Waals surface area contributed by atoms with E-state index in [1.807, 2.05) is 0 Å². The van der Waals surface area contributed by atoms with Crippen LogP contribution in [0.15, 0.2) is 0 Å². The zero-order valence-electron chi connectivity index (χ0n) is 10.2. The normalized spacial score (nSPS) is 30.9. The van der Waals surface area contributed by atoms with E-state index in [1.165, 1.54) is 6.42 Å². The summed E-state index contributed by atoms with van der Waals surface area (Å²) in [5.74, 6) is -0.00419. The molecule has 0 radical (unpaired) electrons. The van der Waals surface area contributed by atoms with Crippen LogP contribution in [-0.4, -0.2) is 42.9 Å².